The number of benzene rings is 2. The number of halogens is 1. The molecule has 0 aliphatic rings. The molecule has 28 heavy (non-hydrogen) atoms. The second-order valence-electron chi connectivity index (χ2n) is 5.84. The van der Waals surface area contributed by atoms with Crippen LogP contribution in [0.3, 0.4) is 0 Å². The zero-order valence-electron chi connectivity index (χ0n) is 14.9. The number of furan rings is 1. The molecule has 0 bridgehead atoms. The molecule has 6 nitrogen and oxygen atoms in total. The number of ether oxygens (including phenoxy) is 1. The van der Waals surface area contributed by atoms with Crippen LogP contribution in [-0.2, 0) is 4.79 Å². The van der Waals surface area contributed by atoms with Gasteiger partial charge in [-0.1, -0.05) is 11.6 Å². The first kappa shape index (κ1) is 19.2. The predicted molar refractivity (Wildman–Crippen MR) is 106 cm³/mol. The molecule has 1 amide bonds. The van der Waals surface area contributed by atoms with Gasteiger partial charge < -0.3 is 9.15 Å². The van der Waals surface area contributed by atoms with E-state index in [0.717, 1.165) is 5.56 Å². The molecule has 2 aromatic carbocycles. The van der Waals surface area contributed by atoms with Crippen molar-refractivity contribution in [1.29, 1.82) is 5.26 Å². The molecule has 140 valence electrons. The van der Waals surface area contributed by atoms with E-state index in [1.807, 2.05) is 24.3 Å². The Morgan fingerprint density at radius 2 is 1.89 bits per heavy atom. The van der Waals surface area contributed by atoms with E-state index >= 15 is 0 Å². The van der Waals surface area contributed by atoms with Crippen LogP contribution in [0.1, 0.15) is 18.2 Å². The summed E-state index contributed by atoms with van der Waals surface area (Å²) in [6.07, 6.45) is 0.650. The second-order valence-corrected chi connectivity index (χ2v) is 6.28. The number of amides is 1. The monoisotopic (exact) mass is 393 g/mol. The van der Waals surface area contributed by atoms with Crippen molar-refractivity contribution in [3.63, 3.8) is 0 Å². The number of hydrazone groups is 1. The molecule has 1 heterocycles. The second kappa shape index (κ2) is 8.89. The van der Waals surface area contributed by atoms with E-state index in [1.54, 1.807) is 49.4 Å². The normalized spacial score (nSPS) is 11.8. The van der Waals surface area contributed by atoms with Crippen molar-refractivity contribution in [3.8, 4) is 23.1 Å². The van der Waals surface area contributed by atoms with Gasteiger partial charge in [0.15, 0.2) is 6.10 Å². The van der Waals surface area contributed by atoms with Crippen molar-refractivity contribution in [3.05, 3.63) is 77.0 Å². The van der Waals surface area contributed by atoms with Gasteiger partial charge in [0.2, 0.25) is 0 Å². The van der Waals surface area contributed by atoms with Gasteiger partial charge >= 0.3 is 0 Å². The van der Waals surface area contributed by atoms with Crippen LogP contribution in [0.5, 0.6) is 5.75 Å². The van der Waals surface area contributed by atoms with E-state index in [0.29, 0.717) is 27.9 Å². The fourth-order valence-electron chi connectivity index (χ4n) is 2.31. The molecule has 0 aliphatic carbocycles. The third-order valence-electron chi connectivity index (χ3n) is 3.79. The molecular formula is C21H16ClN3O3. The summed E-state index contributed by atoms with van der Waals surface area (Å²) >= 11 is 5.88. The van der Waals surface area contributed by atoms with Gasteiger partial charge in [0.1, 0.15) is 17.3 Å². The van der Waals surface area contributed by atoms with Crippen LogP contribution in [0.2, 0.25) is 5.02 Å². The first-order valence-corrected chi connectivity index (χ1v) is 8.78. The van der Waals surface area contributed by atoms with Gasteiger partial charge in [-0.2, -0.15) is 10.4 Å². The Bertz CT molecular complexity index is 1020. The fourth-order valence-corrected chi connectivity index (χ4v) is 2.43. The molecule has 1 atom stereocenters. The Morgan fingerprint density at radius 3 is 2.57 bits per heavy atom. The first-order chi connectivity index (χ1) is 13.5. The molecule has 0 radical (unpaired) electrons. The van der Waals surface area contributed by atoms with Gasteiger partial charge in [-0.05, 0) is 67.6 Å². The summed E-state index contributed by atoms with van der Waals surface area (Å²) in [5.41, 5.74) is 3.81. The Balaban J connectivity index is 1.54. The number of nitrogens with zero attached hydrogens (tertiary/aromatic N) is 2. The van der Waals surface area contributed by atoms with Crippen LogP contribution in [0.15, 0.2) is 70.2 Å². The van der Waals surface area contributed by atoms with Crippen LogP contribution in [-0.4, -0.2) is 18.2 Å². The standard InChI is InChI=1S/C21H16ClN3O3/c1-14(27-18-8-2-15(12-23)3-9-18)21(26)25-24-13-19-10-11-20(28-19)16-4-6-17(22)7-5-16/h2-11,13-14H,1H3,(H,25,26)/b24-13+. The van der Waals surface area contributed by atoms with Gasteiger partial charge in [-0.3, -0.25) is 4.79 Å². The van der Waals surface area contributed by atoms with Gasteiger partial charge in [-0.25, -0.2) is 5.43 Å². The highest BCUT2D eigenvalue weighted by Crippen LogP contribution is 2.23. The molecule has 1 aromatic heterocycles. The summed E-state index contributed by atoms with van der Waals surface area (Å²) in [5, 5.41) is 13.3. The molecule has 3 rings (SSSR count). The maximum Gasteiger partial charge on any atom is 0.280 e. The summed E-state index contributed by atoms with van der Waals surface area (Å²) in [4.78, 5) is 12.1. The number of hydrogen-bond donors (Lipinski definition) is 1. The molecule has 0 spiro atoms. The van der Waals surface area contributed by atoms with Crippen molar-refractivity contribution in [1.82, 2.24) is 5.43 Å². The predicted octanol–water partition coefficient (Wildman–Crippen LogP) is 4.39. The lowest BCUT2D eigenvalue weighted by Crippen LogP contribution is -2.33. The van der Waals surface area contributed by atoms with Gasteiger partial charge in [0.05, 0.1) is 17.8 Å². The highest BCUT2D eigenvalue weighted by atomic mass is 35.5. The first-order valence-electron chi connectivity index (χ1n) is 8.40. The highest BCUT2D eigenvalue weighted by molar-refractivity contribution is 6.30. The number of hydrogen-bond acceptors (Lipinski definition) is 5. The number of carbonyl (C=O) groups is 1. The third kappa shape index (κ3) is 5.00. The van der Waals surface area contributed by atoms with E-state index in [9.17, 15) is 4.79 Å². The SMILES string of the molecule is CC(Oc1ccc(C#N)cc1)C(=O)N/N=C/c1ccc(-c2ccc(Cl)cc2)o1. The zero-order valence-corrected chi connectivity index (χ0v) is 15.7. The van der Waals surface area contributed by atoms with Crippen molar-refractivity contribution in [2.45, 2.75) is 13.0 Å². The molecule has 1 N–H and O–H groups in total. The Labute approximate surface area is 167 Å². The fraction of sp³-hybridized carbons (Fsp3) is 0.0952. The summed E-state index contributed by atoms with van der Waals surface area (Å²) < 4.78 is 11.2. The molecule has 0 saturated carbocycles. The average molecular weight is 394 g/mol. The van der Waals surface area contributed by atoms with Gasteiger partial charge in [-0.15, -0.1) is 0 Å². The minimum Gasteiger partial charge on any atom is -0.481 e. The smallest absolute Gasteiger partial charge is 0.280 e. The number of rotatable bonds is 6. The zero-order chi connectivity index (χ0) is 19.9. The largest absolute Gasteiger partial charge is 0.481 e. The van der Waals surface area contributed by atoms with Crippen molar-refractivity contribution in [2.75, 3.05) is 0 Å². The van der Waals surface area contributed by atoms with E-state index in [1.165, 1.54) is 6.21 Å². The lowest BCUT2D eigenvalue weighted by molar-refractivity contribution is -0.127. The molecule has 1 unspecified atom stereocenters. The van der Waals surface area contributed by atoms with E-state index in [2.05, 4.69) is 10.5 Å². The van der Waals surface area contributed by atoms with Gasteiger partial charge in [0.25, 0.3) is 5.91 Å². The summed E-state index contributed by atoms with van der Waals surface area (Å²) in [5.74, 6) is 1.24. The quantitative estimate of drug-likeness (QED) is 0.497. The molecule has 3 aromatic rings. The molecule has 0 saturated heterocycles. The van der Waals surface area contributed by atoms with Gasteiger partial charge in [0, 0.05) is 10.6 Å². The minimum atomic E-state index is -0.758. The van der Waals surface area contributed by atoms with Crippen LogP contribution in [0, 0.1) is 11.3 Å². The Kier molecular flexibility index (Phi) is 6.10. The lowest BCUT2D eigenvalue weighted by atomic mass is 10.2. The third-order valence-corrected chi connectivity index (χ3v) is 4.04. The summed E-state index contributed by atoms with van der Waals surface area (Å²) in [7, 11) is 0. The van der Waals surface area contributed by atoms with Crippen LogP contribution >= 0.6 is 11.6 Å². The molecule has 7 heteroatoms. The van der Waals surface area contributed by atoms with Crippen LogP contribution in [0.4, 0.5) is 0 Å². The number of carbonyl (C=O) groups excluding carboxylic acids is 1. The Hall–Kier alpha value is -3.56. The molecule has 0 fully saturated rings. The minimum absolute atomic E-state index is 0.412. The average Bonchev–Trinajstić information content (AvgIpc) is 3.18. The summed E-state index contributed by atoms with van der Waals surface area (Å²) in [6, 6.07) is 19.3. The topological polar surface area (TPSA) is 87.6 Å². The van der Waals surface area contributed by atoms with E-state index < -0.39 is 12.0 Å². The maximum absolute atomic E-state index is 12.1. The van der Waals surface area contributed by atoms with E-state index in [-0.39, 0.29) is 0 Å². The molecule has 0 aliphatic heterocycles. The number of nitriles is 1. The van der Waals surface area contributed by atoms with Crippen LogP contribution < -0.4 is 10.2 Å². The highest BCUT2D eigenvalue weighted by Gasteiger charge is 2.14. The number of nitrogens with one attached hydrogen (secondary N) is 1. The Morgan fingerprint density at radius 1 is 1.18 bits per heavy atom. The van der Waals surface area contributed by atoms with Crippen molar-refractivity contribution in [2.24, 2.45) is 5.10 Å². The lowest BCUT2D eigenvalue weighted by Gasteiger charge is -2.12. The van der Waals surface area contributed by atoms with Crippen molar-refractivity contribution < 1.29 is 13.9 Å². The van der Waals surface area contributed by atoms with Crippen LogP contribution in [0.25, 0.3) is 11.3 Å². The summed E-state index contributed by atoms with van der Waals surface area (Å²) in [6.45, 7) is 1.61. The van der Waals surface area contributed by atoms with E-state index in [4.69, 9.17) is 26.0 Å². The molecular weight excluding hydrogens is 378 g/mol. The maximum atomic E-state index is 12.1. The van der Waals surface area contributed by atoms with Crippen molar-refractivity contribution >= 4 is 23.7 Å².